The maximum absolute atomic E-state index is 13.4. The first-order valence-corrected chi connectivity index (χ1v) is 9.42. The average Bonchev–Trinajstić information content (AvgIpc) is 2.75. The number of para-hydroxylation sites is 2. The molecule has 6 heteroatoms. The molecule has 1 aliphatic heterocycles. The summed E-state index contributed by atoms with van der Waals surface area (Å²) in [5.74, 6) is 0.920. The van der Waals surface area contributed by atoms with Gasteiger partial charge in [-0.1, -0.05) is 24.3 Å². The molecule has 1 amide bonds. The summed E-state index contributed by atoms with van der Waals surface area (Å²) in [4.78, 5) is 15.1. The molecule has 0 saturated heterocycles. The van der Waals surface area contributed by atoms with Crippen molar-refractivity contribution in [1.29, 1.82) is 0 Å². The monoisotopic (exact) mass is 390 g/mol. The van der Waals surface area contributed by atoms with E-state index in [1.807, 2.05) is 49.4 Å². The molecule has 0 fully saturated rings. The highest BCUT2D eigenvalue weighted by Gasteiger charge is 2.35. The first-order valence-electron chi connectivity index (χ1n) is 9.42. The molecule has 2 N–H and O–H groups in total. The molecule has 0 radical (unpaired) electrons. The Morgan fingerprint density at radius 1 is 1.03 bits per heavy atom. The van der Waals surface area contributed by atoms with Crippen LogP contribution in [0, 0.1) is 0 Å². The minimum absolute atomic E-state index is 0.00406. The molecule has 29 heavy (non-hydrogen) atoms. The van der Waals surface area contributed by atoms with Crippen LogP contribution in [0.2, 0.25) is 0 Å². The molecular weight excluding hydrogens is 368 g/mol. The molecule has 0 bridgehead atoms. The smallest absolute Gasteiger partial charge is 0.262 e. The number of hydrogen-bond acceptors (Lipinski definition) is 5. The van der Waals surface area contributed by atoms with Crippen LogP contribution in [0.5, 0.6) is 17.2 Å². The van der Waals surface area contributed by atoms with Crippen LogP contribution in [0.1, 0.15) is 29.0 Å². The Hall–Kier alpha value is -3.67. The second-order valence-corrected chi connectivity index (χ2v) is 6.59. The number of ether oxygens (including phenoxy) is 2. The van der Waals surface area contributed by atoms with Gasteiger partial charge in [-0.2, -0.15) is 0 Å². The van der Waals surface area contributed by atoms with Gasteiger partial charge in [0.15, 0.2) is 11.5 Å². The Kier molecular flexibility index (Phi) is 4.99. The van der Waals surface area contributed by atoms with Crippen LogP contribution in [-0.2, 0) is 0 Å². The zero-order chi connectivity index (χ0) is 20.4. The topological polar surface area (TPSA) is 71.0 Å². The summed E-state index contributed by atoms with van der Waals surface area (Å²) < 4.78 is 10.8. The quantitative estimate of drug-likeness (QED) is 0.668. The van der Waals surface area contributed by atoms with Gasteiger partial charge in [0, 0.05) is 16.9 Å². The summed E-state index contributed by atoms with van der Waals surface area (Å²) in [5, 5.41) is 14.1. The first-order chi connectivity index (χ1) is 14.1. The number of carbonyl (C=O) groups is 1. The van der Waals surface area contributed by atoms with Crippen LogP contribution in [0.15, 0.2) is 66.7 Å². The second-order valence-electron chi connectivity index (χ2n) is 6.59. The fourth-order valence-electron chi connectivity index (χ4n) is 3.53. The highest BCUT2D eigenvalue weighted by Crippen LogP contribution is 2.42. The number of hydrogen-bond donors (Lipinski definition) is 2. The lowest BCUT2D eigenvalue weighted by molar-refractivity contribution is 0.0974. The molecule has 1 atom stereocenters. The average molecular weight is 390 g/mol. The minimum Gasteiger partial charge on any atom is -0.504 e. The number of aromatic hydroxyl groups is 1. The number of phenolic OH excluding ortho intramolecular Hbond substituents is 1. The summed E-state index contributed by atoms with van der Waals surface area (Å²) in [6, 6.07) is 19.9. The third kappa shape index (κ3) is 3.33. The van der Waals surface area contributed by atoms with Gasteiger partial charge in [0.2, 0.25) is 0 Å². The lowest BCUT2D eigenvalue weighted by Gasteiger charge is -2.38. The molecule has 3 aromatic carbocycles. The van der Waals surface area contributed by atoms with Crippen molar-refractivity contribution in [3.8, 4) is 17.2 Å². The van der Waals surface area contributed by atoms with E-state index in [0.717, 1.165) is 5.75 Å². The summed E-state index contributed by atoms with van der Waals surface area (Å²) in [5.41, 5.74) is 2.51. The molecule has 1 aliphatic rings. The summed E-state index contributed by atoms with van der Waals surface area (Å²) in [7, 11) is 1.50. The van der Waals surface area contributed by atoms with Crippen molar-refractivity contribution >= 4 is 17.3 Å². The van der Waals surface area contributed by atoms with Gasteiger partial charge in [0.1, 0.15) is 11.9 Å². The van der Waals surface area contributed by atoms with Crippen LogP contribution < -0.4 is 19.7 Å². The van der Waals surface area contributed by atoms with E-state index in [1.165, 1.54) is 7.11 Å². The van der Waals surface area contributed by atoms with E-state index >= 15 is 0 Å². The minimum atomic E-state index is -0.606. The van der Waals surface area contributed by atoms with Gasteiger partial charge in [-0.15, -0.1) is 0 Å². The van der Waals surface area contributed by atoms with Crippen LogP contribution >= 0.6 is 0 Å². The molecule has 0 aliphatic carbocycles. The number of rotatable bonds is 5. The Balaban J connectivity index is 1.84. The van der Waals surface area contributed by atoms with Gasteiger partial charge in [0.25, 0.3) is 5.91 Å². The molecule has 3 aromatic rings. The number of anilines is 2. The molecule has 0 spiro atoms. The third-order valence-electron chi connectivity index (χ3n) is 4.90. The fourth-order valence-corrected chi connectivity index (χ4v) is 3.53. The number of benzene rings is 3. The van der Waals surface area contributed by atoms with Crippen molar-refractivity contribution < 1.29 is 19.4 Å². The number of methoxy groups -OCH3 is 1. The number of phenols is 1. The van der Waals surface area contributed by atoms with Crippen molar-refractivity contribution in [1.82, 2.24) is 0 Å². The van der Waals surface area contributed by atoms with E-state index in [-0.39, 0.29) is 11.7 Å². The lowest BCUT2D eigenvalue weighted by Crippen LogP contribution is -2.43. The third-order valence-corrected chi connectivity index (χ3v) is 4.90. The second kappa shape index (κ2) is 7.75. The van der Waals surface area contributed by atoms with E-state index in [9.17, 15) is 9.90 Å². The van der Waals surface area contributed by atoms with Gasteiger partial charge in [-0.25, -0.2) is 0 Å². The Bertz CT molecular complexity index is 1030. The van der Waals surface area contributed by atoms with E-state index in [2.05, 4.69) is 5.32 Å². The number of amides is 1. The van der Waals surface area contributed by atoms with Gasteiger partial charge < -0.3 is 19.9 Å². The molecule has 0 saturated carbocycles. The van der Waals surface area contributed by atoms with Crippen LogP contribution in [-0.4, -0.2) is 24.7 Å². The molecule has 148 valence electrons. The maximum atomic E-state index is 13.4. The molecule has 1 heterocycles. The van der Waals surface area contributed by atoms with Gasteiger partial charge in [-0.3, -0.25) is 9.69 Å². The predicted molar refractivity (Wildman–Crippen MR) is 112 cm³/mol. The zero-order valence-corrected chi connectivity index (χ0v) is 16.3. The van der Waals surface area contributed by atoms with E-state index < -0.39 is 6.17 Å². The highest BCUT2D eigenvalue weighted by molar-refractivity contribution is 6.12. The van der Waals surface area contributed by atoms with Crippen LogP contribution in [0.4, 0.5) is 11.4 Å². The molecular formula is C23H22N2O4. The van der Waals surface area contributed by atoms with E-state index in [1.54, 1.807) is 29.2 Å². The zero-order valence-electron chi connectivity index (χ0n) is 16.3. The Labute approximate surface area is 169 Å². The summed E-state index contributed by atoms with van der Waals surface area (Å²) in [6.45, 7) is 2.49. The Morgan fingerprint density at radius 3 is 2.52 bits per heavy atom. The molecule has 6 nitrogen and oxygen atoms in total. The van der Waals surface area contributed by atoms with E-state index in [4.69, 9.17) is 9.47 Å². The van der Waals surface area contributed by atoms with Gasteiger partial charge in [0.05, 0.1) is 19.3 Å². The number of nitrogens with one attached hydrogen (secondary N) is 1. The van der Waals surface area contributed by atoms with Crippen molar-refractivity contribution in [2.24, 2.45) is 0 Å². The predicted octanol–water partition coefficient (Wildman–Crippen LogP) is 4.57. The van der Waals surface area contributed by atoms with Gasteiger partial charge >= 0.3 is 0 Å². The fraction of sp³-hybridized carbons (Fsp3) is 0.174. The van der Waals surface area contributed by atoms with Crippen molar-refractivity contribution in [3.63, 3.8) is 0 Å². The molecule has 0 aromatic heterocycles. The van der Waals surface area contributed by atoms with Crippen LogP contribution in [0.3, 0.4) is 0 Å². The lowest BCUT2D eigenvalue weighted by atomic mass is 10.0. The van der Waals surface area contributed by atoms with Crippen LogP contribution in [0.25, 0.3) is 0 Å². The largest absolute Gasteiger partial charge is 0.504 e. The van der Waals surface area contributed by atoms with Crippen molar-refractivity contribution in [3.05, 3.63) is 77.9 Å². The standard InChI is InChI=1S/C23H22N2O4/c1-3-29-16-13-11-15(12-14-16)25-22(18-8-6-10-20(28-2)21(18)26)24-19-9-5-4-7-17(19)23(25)27/h4-14,22,24,26H,3H2,1-2H3/t22-/m1/s1. The van der Waals surface area contributed by atoms with Crippen molar-refractivity contribution in [2.75, 3.05) is 23.9 Å². The normalized spacial score (nSPS) is 15.4. The SMILES string of the molecule is CCOc1ccc(N2C(=O)c3ccccc3N[C@H]2c2cccc(OC)c2O)cc1. The Morgan fingerprint density at radius 2 is 1.79 bits per heavy atom. The highest BCUT2D eigenvalue weighted by atomic mass is 16.5. The summed E-state index contributed by atoms with van der Waals surface area (Å²) >= 11 is 0. The van der Waals surface area contributed by atoms with E-state index in [0.29, 0.717) is 34.9 Å². The maximum Gasteiger partial charge on any atom is 0.262 e. The number of nitrogens with zero attached hydrogens (tertiary/aromatic N) is 1. The van der Waals surface area contributed by atoms with Crippen molar-refractivity contribution in [2.45, 2.75) is 13.1 Å². The molecule has 0 unspecified atom stereocenters. The summed E-state index contributed by atoms with van der Waals surface area (Å²) in [6.07, 6.45) is -0.606. The molecule has 4 rings (SSSR count). The number of fused-ring (bicyclic) bond motifs is 1. The number of carbonyl (C=O) groups excluding carboxylic acids is 1. The first kappa shape index (κ1) is 18.7. The van der Waals surface area contributed by atoms with Gasteiger partial charge in [-0.05, 0) is 49.4 Å².